The lowest BCUT2D eigenvalue weighted by atomic mass is 10.2. The Morgan fingerprint density at radius 2 is 2.13 bits per heavy atom. The van der Waals surface area contributed by atoms with E-state index in [1.165, 1.54) is 5.56 Å². The van der Waals surface area contributed by atoms with Crippen molar-refractivity contribution in [1.29, 1.82) is 5.41 Å². The number of nitrogens with two attached hydrogens (primary N) is 1. The third kappa shape index (κ3) is 5.12. The molecule has 0 aliphatic carbocycles. The first-order chi connectivity index (χ1) is 7.18. The largest absolute Gasteiger partial charge is 0.388 e. The molecule has 1 aromatic rings. The van der Waals surface area contributed by atoms with Crippen LogP contribution >= 0.6 is 0 Å². The third-order valence-electron chi connectivity index (χ3n) is 2.19. The van der Waals surface area contributed by atoms with Crippen molar-refractivity contribution in [1.82, 2.24) is 9.88 Å². The Kier molecular flexibility index (Phi) is 4.77. The molecule has 0 unspecified atom stereocenters. The van der Waals surface area contributed by atoms with Gasteiger partial charge in [-0.05, 0) is 37.7 Å². The van der Waals surface area contributed by atoms with Crippen molar-refractivity contribution in [2.75, 3.05) is 13.6 Å². The van der Waals surface area contributed by atoms with Gasteiger partial charge in [-0.25, -0.2) is 0 Å². The highest BCUT2D eigenvalue weighted by Gasteiger charge is 2.00. The first kappa shape index (κ1) is 11.7. The molecule has 0 saturated carbocycles. The summed E-state index contributed by atoms with van der Waals surface area (Å²) in [7, 11) is 2.07. The van der Waals surface area contributed by atoms with Gasteiger partial charge in [-0.3, -0.25) is 10.4 Å². The third-order valence-corrected chi connectivity index (χ3v) is 2.19. The molecular formula is C11H18N4. The first-order valence-corrected chi connectivity index (χ1v) is 5.09. The fourth-order valence-electron chi connectivity index (χ4n) is 1.42. The van der Waals surface area contributed by atoms with Gasteiger partial charge in [0.2, 0.25) is 0 Å². The molecule has 82 valence electrons. The number of hydrogen-bond acceptors (Lipinski definition) is 3. The molecule has 1 heterocycles. The first-order valence-electron chi connectivity index (χ1n) is 5.09. The molecule has 1 aromatic heterocycles. The maximum absolute atomic E-state index is 7.11. The number of nitrogens with one attached hydrogen (secondary N) is 1. The van der Waals surface area contributed by atoms with E-state index in [0.29, 0.717) is 6.42 Å². The molecule has 0 bridgehead atoms. The van der Waals surface area contributed by atoms with Gasteiger partial charge in [-0.2, -0.15) is 0 Å². The lowest BCUT2D eigenvalue weighted by Gasteiger charge is -2.16. The van der Waals surface area contributed by atoms with Crippen LogP contribution in [-0.4, -0.2) is 29.3 Å². The SMILES string of the molecule is CN(CCCC(=N)N)Cc1ccncc1. The maximum atomic E-state index is 7.11. The molecule has 4 heteroatoms. The number of pyridine rings is 1. The van der Waals surface area contributed by atoms with E-state index in [4.69, 9.17) is 11.1 Å². The Morgan fingerprint density at radius 3 is 2.73 bits per heavy atom. The Balaban J connectivity index is 2.24. The fraction of sp³-hybridized carbons (Fsp3) is 0.455. The number of nitrogens with zero attached hydrogens (tertiary/aromatic N) is 2. The molecule has 3 N–H and O–H groups in total. The lowest BCUT2D eigenvalue weighted by Crippen LogP contribution is -2.21. The average Bonchev–Trinajstić information content (AvgIpc) is 2.18. The highest BCUT2D eigenvalue weighted by molar-refractivity contribution is 5.76. The van der Waals surface area contributed by atoms with Gasteiger partial charge in [0.15, 0.2) is 0 Å². The number of rotatable bonds is 6. The van der Waals surface area contributed by atoms with Gasteiger partial charge in [0.1, 0.15) is 0 Å². The van der Waals surface area contributed by atoms with Crippen molar-refractivity contribution in [3.8, 4) is 0 Å². The van der Waals surface area contributed by atoms with Crippen LogP contribution in [0.2, 0.25) is 0 Å². The van der Waals surface area contributed by atoms with Crippen LogP contribution in [0.3, 0.4) is 0 Å². The van der Waals surface area contributed by atoms with Crippen LogP contribution in [-0.2, 0) is 6.54 Å². The number of hydrogen-bond donors (Lipinski definition) is 2. The predicted octanol–water partition coefficient (Wildman–Crippen LogP) is 1.23. The minimum atomic E-state index is 0.271. The molecule has 0 atom stereocenters. The fourth-order valence-corrected chi connectivity index (χ4v) is 1.42. The molecule has 0 aliphatic heterocycles. The molecular weight excluding hydrogens is 188 g/mol. The Bertz CT molecular complexity index is 297. The summed E-state index contributed by atoms with van der Waals surface area (Å²) in [6.07, 6.45) is 5.23. The maximum Gasteiger partial charge on any atom is 0.0905 e. The van der Waals surface area contributed by atoms with Crippen LogP contribution in [0.1, 0.15) is 18.4 Å². The van der Waals surface area contributed by atoms with Gasteiger partial charge in [-0.1, -0.05) is 0 Å². The molecule has 15 heavy (non-hydrogen) atoms. The van der Waals surface area contributed by atoms with E-state index in [2.05, 4.69) is 16.9 Å². The second-order valence-corrected chi connectivity index (χ2v) is 3.72. The molecule has 0 spiro atoms. The molecule has 0 aliphatic rings. The summed E-state index contributed by atoms with van der Waals surface area (Å²) in [5, 5.41) is 7.11. The molecule has 1 rings (SSSR count). The lowest BCUT2D eigenvalue weighted by molar-refractivity contribution is 0.324. The van der Waals surface area contributed by atoms with Crippen molar-refractivity contribution < 1.29 is 0 Å². The van der Waals surface area contributed by atoms with Crippen molar-refractivity contribution in [3.63, 3.8) is 0 Å². The van der Waals surface area contributed by atoms with Crippen molar-refractivity contribution >= 4 is 5.84 Å². The van der Waals surface area contributed by atoms with E-state index in [-0.39, 0.29) is 5.84 Å². The quantitative estimate of drug-likeness (QED) is 0.543. The van der Waals surface area contributed by atoms with Gasteiger partial charge in [0.05, 0.1) is 5.84 Å². The Hall–Kier alpha value is -1.42. The smallest absolute Gasteiger partial charge is 0.0905 e. The predicted molar refractivity (Wildman–Crippen MR) is 61.7 cm³/mol. The van der Waals surface area contributed by atoms with Crippen LogP contribution in [0.5, 0.6) is 0 Å². The van der Waals surface area contributed by atoms with E-state index in [0.717, 1.165) is 19.5 Å². The molecule has 0 fully saturated rings. The summed E-state index contributed by atoms with van der Waals surface area (Å²) in [5.41, 5.74) is 6.55. The van der Waals surface area contributed by atoms with Crippen LogP contribution in [0.4, 0.5) is 0 Å². The Morgan fingerprint density at radius 1 is 1.47 bits per heavy atom. The molecule has 0 saturated heterocycles. The second kappa shape index (κ2) is 6.14. The van der Waals surface area contributed by atoms with Gasteiger partial charge in [0, 0.05) is 25.4 Å². The van der Waals surface area contributed by atoms with E-state index >= 15 is 0 Å². The minimum absolute atomic E-state index is 0.271. The summed E-state index contributed by atoms with van der Waals surface area (Å²) in [5.74, 6) is 0.271. The van der Waals surface area contributed by atoms with E-state index in [1.54, 1.807) is 12.4 Å². The summed E-state index contributed by atoms with van der Waals surface area (Å²) in [4.78, 5) is 6.20. The van der Waals surface area contributed by atoms with Gasteiger partial charge in [0.25, 0.3) is 0 Å². The van der Waals surface area contributed by atoms with Crippen LogP contribution < -0.4 is 5.73 Å². The molecule has 4 nitrogen and oxygen atoms in total. The van der Waals surface area contributed by atoms with Gasteiger partial charge >= 0.3 is 0 Å². The Labute approximate surface area is 90.6 Å². The normalized spacial score (nSPS) is 10.5. The standard InChI is InChI=1S/C11H18N4/c1-15(8-2-3-11(12)13)9-10-4-6-14-7-5-10/h4-7H,2-3,8-9H2,1H3,(H3,12,13). The van der Waals surface area contributed by atoms with Gasteiger partial charge in [-0.15, -0.1) is 0 Å². The van der Waals surface area contributed by atoms with Crippen molar-refractivity contribution in [3.05, 3.63) is 30.1 Å². The van der Waals surface area contributed by atoms with Crippen LogP contribution in [0.15, 0.2) is 24.5 Å². The average molecular weight is 206 g/mol. The summed E-state index contributed by atoms with van der Waals surface area (Å²) < 4.78 is 0. The zero-order valence-electron chi connectivity index (χ0n) is 9.11. The van der Waals surface area contributed by atoms with Crippen molar-refractivity contribution in [2.24, 2.45) is 5.73 Å². The summed E-state index contributed by atoms with van der Waals surface area (Å²) in [6.45, 7) is 1.88. The number of amidine groups is 1. The van der Waals surface area contributed by atoms with Crippen LogP contribution in [0.25, 0.3) is 0 Å². The van der Waals surface area contributed by atoms with E-state index in [9.17, 15) is 0 Å². The van der Waals surface area contributed by atoms with Crippen LogP contribution in [0, 0.1) is 5.41 Å². The molecule has 0 aromatic carbocycles. The second-order valence-electron chi connectivity index (χ2n) is 3.72. The zero-order chi connectivity index (χ0) is 11.1. The van der Waals surface area contributed by atoms with Crippen molar-refractivity contribution in [2.45, 2.75) is 19.4 Å². The highest BCUT2D eigenvalue weighted by Crippen LogP contribution is 2.02. The highest BCUT2D eigenvalue weighted by atomic mass is 15.1. The molecule has 0 amide bonds. The zero-order valence-corrected chi connectivity index (χ0v) is 9.11. The van der Waals surface area contributed by atoms with Gasteiger partial charge < -0.3 is 10.6 Å². The number of aromatic nitrogens is 1. The van der Waals surface area contributed by atoms with E-state index < -0.39 is 0 Å². The summed E-state index contributed by atoms with van der Waals surface area (Å²) >= 11 is 0. The monoisotopic (exact) mass is 206 g/mol. The minimum Gasteiger partial charge on any atom is -0.388 e. The molecule has 0 radical (unpaired) electrons. The summed E-state index contributed by atoms with van der Waals surface area (Å²) in [6, 6.07) is 4.03. The topological polar surface area (TPSA) is 66.0 Å². The van der Waals surface area contributed by atoms with E-state index in [1.807, 2.05) is 12.1 Å².